The Labute approximate surface area is 103 Å². The van der Waals surface area contributed by atoms with E-state index in [0.29, 0.717) is 5.02 Å². The van der Waals surface area contributed by atoms with Gasteiger partial charge < -0.3 is 14.8 Å². The van der Waals surface area contributed by atoms with Gasteiger partial charge in [-0.25, -0.2) is 0 Å². The predicted octanol–water partition coefficient (Wildman–Crippen LogP) is 2.13. The third-order valence-electron chi connectivity index (χ3n) is 2.56. The standard InChI is InChI=1S/C12H12ClNO3/c13-10-3-1-2-8-4-5-14(12(8)10)7-9(15)6-11(16)17/h1-5,9,15H,6-7H2,(H,16,17). The number of rotatable bonds is 4. The number of benzene rings is 1. The Hall–Kier alpha value is -1.52. The first kappa shape index (κ1) is 12.0. The number of hydrogen-bond acceptors (Lipinski definition) is 2. The molecule has 1 aromatic carbocycles. The summed E-state index contributed by atoms with van der Waals surface area (Å²) in [5.74, 6) is -1.01. The number of para-hydroxylation sites is 1. The maximum Gasteiger partial charge on any atom is 0.306 e. The van der Waals surface area contributed by atoms with Crippen molar-refractivity contribution in [2.75, 3.05) is 0 Å². The zero-order valence-corrected chi connectivity index (χ0v) is 9.76. The monoisotopic (exact) mass is 253 g/mol. The summed E-state index contributed by atoms with van der Waals surface area (Å²) in [5.41, 5.74) is 0.818. The van der Waals surface area contributed by atoms with Crippen LogP contribution in [0.4, 0.5) is 0 Å². The average Bonchev–Trinajstić information content (AvgIpc) is 2.61. The fourth-order valence-electron chi connectivity index (χ4n) is 1.86. The van der Waals surface area contributed by atoms with E-state index < -0.39 is 12.1 Å². The van der Waals surface area contributed by atoms with E-state index in [4.69, 9.17) is 16.7 Å². The summed E-state index contributed by atoms with van der Waals surface area (Å²) in [4.78, 5) is 10.5. The highest BCUT2D eigenvalue weighted by Gasteiger charge is 2.12. The molecule has 0 amide bonds. The molecule has 0 fully saturated rings. The number of aliphatic hydroxyl groups excluding tert-OH is 1. The van der Waals surface area contributed by atoms with E-state index in [1.54, 1.807) is 16.8 Å². The van der Waals surface area contributed by atoms with Crippen molar-refractivity contribution in [2.45, 2.75) is 19.1 Å². The van der Waals surface area contributed by atoms with E-state index in [1.807, 2.05) is 18.2 Å². The molecule has 2 rings (SSSR count). The topological polar surface area (TPSA) is 62.5 Å². The van der Waals surface area contributed by atoms with Gasteiger partial charge in [0.2, 0.25) is 0 Å². The van der Waals surface area contributed by atoms with Gasteiger partial charge in [0.1, 0.15) is 0 Å². The number of halogens is 1. The first-order valence-corrected chi connectivity index (χ1v) is 5.59. The minimum Gasteiger partial charge on any atom is -0.481 e. The largest absolute Gasteiger partial charge is 0.481 e. The van der Waals surface area contributed by atoms with Crippen molar-refractivity contribution in [3.8, 4) is 0 Å². The molecule has 2 aromatic rings. The molecule has 4 nitrogen and oxygen atoms in total. The Kier molecular flexibility index (Phi) is 3.36. The number of fused-ring (bicyclic) bond motifs is 1. The van der Waals surface area contributed by atoms with E-state index in [2.05, 4.69) is 0 Å². The predicted molar refractivity (Wildman–Crippen MR) is 65.2 cm³/mol. The van der Waals surface area contributed by atoms with Crippen LogP contribution in [0, 0.1) is 0 Å². The molecule has 0 spiro atoms. The molecule has 0 saturated heterocycles. The number of aliphatic carboxylic acids is 1. The number of carboxylic acids is 1. The second-order valence-electron chi connectivity index (χ2n) is 3.90. The molecule has 0 bridgehead atoms. The Balaban J connectivity index is 2.27. The second kappa shape index (κ2) is 4.77. The summed E-state index contributed by atoms with van der Waals surface area (Å²) < 4.78 is 1.77. The smallest absolute Gasteiger partial charge is 0.306 e. The number of carbonyl (C=O) groups is 1. The summed E-state index contributed by atoms with van der Waals surface area (Å²) in [6.45, 7) is 0.222. The molecule has 0 saturated carbocycles. The van der Waals surface area contributed by atoms with Crippen molar-refractivity contribution in [3.63, 3.8) is 0 Å². The van der Waals surface area contributed by atoms with E-state index in [-0.39, 0.29) is 13.0 Å². The zero-order valence-electron chi connectivity index (χ0n) is 9.01. The van der Waals surface area contributed by atoms with Crippen LogP contribution in [-0.2, 0) is 11.3 Å². The maximum absolute atomic E-state index is 10.5. The Bertz CT molecular complexity index is 550. The van der Waals surface area contributed by atoms with Crippen LogP contribution in [-0.4, -0.2) is 26.9 Å². The highest BCUT2D eigenvalue weighted by Crippen LogP contribution is 2.24. The molecular weight excluding hydrogens is 242 g/mol. The lowest BCUT2D eigenvalue weighted by atomic mass is 10.2. The molecule has 5 heteroatoms. The van der Waals surface area contributed by atoms with Crippen molar-refractivity contribution in [3.05, 3.63) is 35.5 Å². The third-order valence-corrected chi connectivity index (χ3v) is 2.86. The van der Waals surface area contributed by atoms with Crippen LogP contribution in [0.2, 0.25) is 5.02 Å². The van der Waals surface area contributed by atoms with Crippen LogP contribution < -0.4 is 0 Å². The van der Waals surface area contributed by atoms with Gasteiger partial charge >= 0.3 is 5.97 Å². The lowest BCUT2D eigenvalue weighted by Gasteiger charge is -2.11. The normalized spacial score (nSPS) is 12.8. The molecule has 1 atom stereocenters. The van der Waals surface area contributed by atoms with E-state index in [9.17, 15) is 9.90 Å². The van der Waals surface area contributed by atoms with Gasteiger partial charge in [-0.15, -0.1) is 0 Å². The average molecular weight is 254 g/mol. The quantitative estimate of drug-likeness (QED) is 0.877. The molecule has 2 N–H and O–H groups in total. The Morgan fingerprint density at radius 1 is 1.41 bits per heavy atom. The lowest BCUT2D eigenvalue weighted by molar-refractivity contribution is -0.139. The summed E-state index contributed by atoms with van der Waals surface area (Å²) >= 11 is 6.07. The summed E-state index contributed by atoms with van der Waals surface area (Å²) in [6.07, 6.45) is 0.602. The van der Waals surface area contributed by atoms with Crippen LogP contribution in [0.25, 0.3) is 10.9 Å². The first-order chi connectivity index (χ1) is 8.08. The SMILES string of the molecule is O=C(O)CC(O)Cn1ccc2cccc(Cl)c21. The van der Waals surface area contributed by atoms with Gasteiger partial charge in [-0.1, -0.05) is 23.7 Å². The van der Waals surface area contributed by atoms with Crippen molar-refractivity contribution in [1.29, 1.82) is 0 Å². The molecule has 17 heavy (non-hydrogen) atoms. The van der Waals surface area contributed by atoms with E-state index in [1.165, 1.54) is 0 Å². The summed E-state index contributed by atoms with van der Waals surface area (Å²) in [7, 11) is 0. The zero-order chi connectivity index (χ0) is 12.4. The van der Waals surface area contributed by atoms with Crippen LogP contribution in [0.1, 0.15) is 6.42 Å². The lowest BCUT2D eigenvalue weighted by Crippen LogP contribution is -2.19. The number of aliphatic hydroxyl groups is 1. The third kappa shape index (κ3) is 2.60. The van der Waals surface area contributed by atoms with Crippen molar-refractivity contribution in [1.82, 2.24) is 4.57 Å². The fraction of sp³-hybridized carbons (Fsp3) is 0.250. The Morgan fingerprint density at radius 2 is 2.18 bits per heavy atom. The number of hydrogen-bond donors (Lipinski definition) is 2. The van der Waals surface area contributed by atoms with E-state index >= 15 is 0 Å². The van der Waals surface area contributed by atoms with Crippen molar-refractivity contribution < 1.29 is 15.0 Å². The molecule has 0 aliphatic heterocycles. The maximum atomic E-state index is 10.5. The van der Waals surface area contributed by atoms with Gasteiger partial charge in [0.15, 0.2) is 0 Å². The molecule has 0 aliphatic carbocycles. The number of aromatic nitrogens is 1. The van der Waals surface area contributed by atoms with Crippen LogP contribution >= 0.6 is 11.6 Å². The van der Waals surface area contributed by atoms with Gasteiger partial charge in [-0.2, -0.15) is 0 Å². The van der Waals surface area contributed by atoms with Gasteiger partial charge in [-0.3, -0.25) is 4.79 Å². The molecule has 0 radical (unpaired) electrons. The molecule has 0 aliphatic rings. The number of nitrogens with zero attached hydrogens (tertiary/aromatic N) is 1. The second-order valence-corrected chi connectivity index (χ2v) is 4.30. The Morgan fingerprint density at radius 3 is 2.88 bits per heavy atom. The highest BCUT2D eigenvalue weighted by atomic mass is 35.5. The molecule has 1 unspecified atom stereocenters. The molecule has 1 aromatic heterocycles. The minimum atomic E-state index is -1.01. The van der Waals surface area contributed by atoms with Crippen LogP contribution in [0.15, 0.2) is 30.5 Å². The van der Waals surface area contributed by atoms with Crippen molar-refractivity contribution >= 4 is 28.5 Å². The van der Waals surface area contributed by atoms with Crippen LogP contribution in [0.3, 0.4) is 0 Å². The van der Waals surface area contributed by atoms with Crippen molar-refractivity contribution in [2.24, 2.45) is 0 Å². The molecular formula is C12H12ClNO3. The van der Waals surface area contributed by atoms with Gasteiger partial charge in [0.25, 0.3) is 0 Å². The first-order valence-electron chi connectivity index (χ1n) is 5.21. The number of carboxylic acid groups (broad SMARTS) is 1. The van der Waals surface area contributed by atoms with Gasteiger partial charge in [0.05, 0.1) is 23.1 Å². The fourth-order valence-corrected chi connectivity index (χ4v) is 2.15. The molecule has 90 valence electrons. The summed E-state index contributed by atoms with van der Waals surface area (Å²) in [5, 5.41) is 19.7. The van der Waals surface area contributed by atoms with Crippen LogP contribution in [0.5, 0.6) is 0 Å². The van der Waals surface area contributed by atoms with Gasteiger partial charge in [-0.05, 0) is 12.1 Å². The van der Waals surface area contributed by atoms with Gasteiger partial charge in [0, 0.05) is 18.1 Å². The van der Waals surface area contributed by atoms with E-state index in [0.717, 1.165) is 10.9 Å². The minimum absolute atomic E-state index is 0.222. The highest BCUT2D eigenvalue weighted by molar-refractivity contribution is 6.35. The molecule has 1 heterocycles. The summed E-state index contributed by atoms with van der Waals surface area (Å²) in [6, 6.07) is 7.42.